The van der Waals surface area contributed by atoms with Crippen LogP contribution in [0.1, 0.15) is 41.8 Å². The van der Waals surface area contributed by atoms with Crippen LogP contribution in [0.15, 0.2) is 17.5 Å². The lowest BCUT2D eigenvalue weighted by Crippen LogP contribution is -2.63. The molecule has 1 saturated heterocycles. The monoisotopic (exact) mass is 264 g/mol. The first-order valence-corrected chi connectivity index (χ1v) is 7.76. The van der Waals surface area contributed by atoms with Crippen molar-refractivity contribution in [1.82, 2.24) is 10.2 Å². The van der Waals surface area contributed by atoms with Gasteiger partial charge in [-0.1, -0.05) is 25.3 Å². The van der Waals surface area contributed by atoms with E-state index in [-0.39, 0.29) is 11.4 Å². The minimum absolute atomic E-state index is 0.0948. The summed E-state index contributed by atoms with van der Waals surface area (Å²) in [5.74, 6) is 0.244. The number of carbonyl (C=O) groups excluding carboxylic acids is 1. The molecule has 1 aliphatic carbocycles. The van der Waals surface area contributed by atoms with E-state index in [0.29, 0.717) is 0 Å². The molecule has 1 spiro atoms. The van der Waals surface area contributed by atoms with E-state index in [2.05, 4.69) is 10.2 Å². The molecule has 0 atom stereocenters. The maximum Gasteiger partial charge on any atom is 0.264 e. The number of carbonyl (C=O) groups is 1. The predicted octanol–water partition coefficient (Wildman–Crippen LogP) is 2.50. The van der Waals surface area contributed by atoms with Gasteiger partial charge in [0.1, 0.15) is 0 Å². The van der Waals surface area contributed by atoms with Crippen LogP contribution in [-0.4, -0.2) is 36.0 Å². The van der Waals surface area contributed by atoms with E-state index in [4.69, 9.17) is 0 Å². The zero-order chi connectivity index (χ0) is 12.4. The van der Waals surface area contributed by atoms with Gasteiger partial charge in [-0.05, 0) is 24.3 Å². The average Bonchev–Trinajstić information content (AvgIpc) is 2.93. The summed E-state index contributed by atoms with van der Waals surface area (Å²) in [6.45, 7) is 2.76. The Morgan fingerprint density at radius 2 is 2.17 bits per heavy atom. The van der Waals surface area contributed by atoms with Crippen LogP contribution in [0.25, 0.3) is 0 Å². The predicted molar refractivity (Wildman–Crippen MR) is 74.0 cm³/mol. The number of nitrogens with one attached hydrogen (secondary N) is 1. The molecule has 3 nitrogen and oxygen atoms in total. The standard InChI is InChI=1S/C14H20N2OS/c17-13(12-5-4-10-18-12)16-9-8-15-11-14(16)6-2-1-3-7-14/h4-5,10,15H,1-3,6-9,11H2. The van der Waals surface area contributed by atoms with Crippen molar-refractivity contribution in [2.24, 2.45) is 0 Å². The van der Waals surface area contributed by atoms with Gasteiger partial charge in [-0.3, -0.25) is 4.79 Å². The Hall–Kier alpha value is -0.870. The highest BCUT2D eigenvalue weighted by Crippen LogP contribution is 2.35. The first-order valence-electron chi connectivity index (χ1n) is 6.88. The van der Waals surface area contributed by atoms with Gasteiger partial charge in [-0.2, -0.15) is 0 Å². The first kappa shape index (κ1) is 12.2. The third kappa shape index (κ3) is 2.08. The lowest BCUT2D eigenvalue weighted by Gasteiger charge is -2.49. The number of thiophene rings is 1. The van der Waals surface area contributed by atoms with E-state index in [0.717, 1.165) is 37.4 Å². The lowest BCUT2D eigenvalue weighted by atomic mass is 9.79. The van der Waals surface area contributed by atoms with Crippen LogP contribution >= 0.6 is 11.3 Å². The molecule has 1 saturated carbocycles. The lowest BCUT2D eigenvalue weighted by molar-refractivity contribution is 0.0227. The van der Waals surface area contributed by atoms with E-state index < -0.39 is 0 Å². The van der Waals surface area contributed by atoms with Crippen molar-refractivity contribution in [2.75, 3.05) is 19.6 Å². The van der Waals surface area contributed by atoms with Crippen molar-refractivity contribution in [3.63, 3.8) is 0 Å². The van der Waals surface area contributed by atoms with E-state index in [1.165, 1.54) is 19.3 Å². The van der Waals surface area contributed by atoms with Crippen LogP contribution in [0.4, 0.5) is 0 Å². The molecule has 2 fully saturated rings. The second-order valence-electron chi connectivity index (χ2n) is 5.40. The van der Waals surface area contributed by atoms with Gasteiger partial charge in [0.15, 0.2) is 0 Å². The van der Waals surface area contributed by atoms with Gasteiger partial charge < -0.3 is 10.2 Å². The highest BCUT2D eigenvalue weighted by Gasteiger charge is 2.42. The Morgan fingerprint density at radius 1 is 1.33 bits per heavy atom. The topological polar surface area (TPSA) is 32.3 Å². The molecule has 0 bridgehead atoms. The molecule has 0 aromatic carbocycles. The van der Waals surface area contributed by atoms with E-state index >= 15 is 0 Å². The van der Waals surface area contributed by atoms with Crippen LogP contribution in [-0.2, 0) is 0 Å². The van der Waals surface area contributed by atoms with Gasteiger partial charge in [-0.25, -0.2) is 0 Å². The number of piperazine rings is 1. The molecule has 3 rings (SSSR count). The molecular weight excluding hydrogens is 244 g/mol. The number of nitrogens with zero attached hydrogens (tertiary/aromatic N) is 1. The van der Waals surface area contributed by atoms with E-state index in [9.17, 15) is 4.79 Å². The molecule has 2 aliphatic rings. The Kier molecular flexibility index (Phi) is 3.39. The summed E-state index contributed by atoms with van der Waals surface area (Å²) in [5.41, 5.74) is 0.0948. The molecule has 18 heavy (non-hydrogen) atoms. The van der Waals surface area contributed by atoms with Crippen LogP contribution in [0.2, 0.25) is 0 Å². The maximum absolute atomic E-state index is 12.6. The summed E-state index contributed by atoms with van der Waals surface area (Å²) >= 11 is 1.56. The van der Waals surface area contributed by atoms with Crippen LogP contribution in [0, 0.1) is 0 Å². The summed E-state index contributed by atoms with van der Waals surface area (Å²) in [6, 6.07) is 3.92. The molecular formula is C14H20N2OS. The molecule has 98 valence electrons. The van der Waals surface area contributed by atoms with Gasteiger partial charge in [0.2, 0.25) is 0 Å². The van der Waals surface area contributed by atoms with Crippen LogP contribution < -0.4 is 5.32 Å². The molecule has 0 unspecified atom stereocenters. The number of rotatable bonds is 1. The summed E-state index contributed by atoms with van der Waals surface area (Å²) in [7, 11) is 0. The van der Waals surface area contributed by atoms with Crippen LogP contribution in [0.3, 0.4) is 0 Å². The van der Waals surface area contributed by atoms with Gasteiger partial charge in [-0.15, -0.1) is 11.3 Å². The molecule has 2 heterocycles. The van der Waals surface area contributed by atoms with Crippen molar-refractivity contribution in [2.45, 2.75) is 37.6 Å². The second-order valence-corrected chi connectivity index (χ2v) is 6.34. The Morgan fingerprint density at radius 3 is 2.89 bits per heavy atom. The highest BCUT2D eigenvalue weighted by atomic mass is 32.1. The summed E-state index contributed by atoms with van der Waals surface area (Å²) < 4.78 is 0. The fourth-order valence-corrected chi connectivity index (χ4v) is 4.02. The normalized spacial score (nSPS) is 23.2. The Balaban J connectivity index is 1.85. The second kappa shape index (κ2) is 5.02. The molecule has 1 aliphatic heterocycles. The Bertz CT molecular complexity index is 401. The molecule has 4 heteroatoms. The first-order chi connectivity index (χ1) is 8.82. The van der Waals surface area contributed by atoms with Crippen molar-refractivity contribution in [3.05, 3.63) is 22.4 Å². The third-order valence-corrected chi connectivity index (χ3v) is 5.16. The minimum Gasteiger partial charge on any atom is -0.330 e. The largest absolute Gasteiger partial charge is 0.330 e. The quantitative estimate of drug-likeness (QED) is 0.845. The highest BCUT2D eigenvalue weighted by molar-refractivity contribution is 7.12. The summed E-state index contributed by atoms with van der Waals surface area (Å²) in [4.78, 5) is 15.7. The summed E-state index contributed by atoms with van der Waals surface area (Å²) in [5, 5.41) is 5.47. The third-order valence-electron chi connectivity index (χ3n) is 4.30. The van der Waals surface area contributed by atoms with Gasteiger partial charge >= 0.3 is 0 Å². The van der Waals surface area contributed by atoms with E-state index in [1.807, 2.05) is 17.5 Å². The smallest absolute Gasteiger partial charge is 0.264 e. The zero-order valence-electron chi connectivity index (χ0n) is 10.7. The van der Waals surface area contributed by atoms with Gasteiger partial charge in [0.05, 0.1) is 10.4 Å². The molecule has 1 aromatic heterocycles. The van der Waals surface area contributed by atoms with Crippen LogP contribution in [0.5, 0.6) is 0 Å². The molecule has 1 N–H and O–H groups in total. The SMILES string of the molecule is O=C(c1cccs1)N1CCNCC12CCCCC2. The zero-order valence-corrected chi connectivity index (χ0v) is 11.5. The summed E-state index contributed by atoms with van der Waals surface area (Å²) in [6.07, 6.45) is 6.17. The van der Waals surface area contributed by atoms with Gasteiger partial charge in [0, 0.05) is 19.6 Å². The number of amides is 1. The molecule has 1 amide bonds. The van der Waals surface area contributed by atoms with E-state index in [1.54, 1.807) is 11.3 Å². The van der Waals surface area contributed by atoms with Crippen molar-refractivity contribution in [3.8, 4) is 0 Å². The van der Waals surface area contributed by atoms with Gasteiger partial charge in [0.25, 0.3) is 5.91 Å². The number of hydrogen-bond acceptors (Lipinski definition) is 3. The number of hydrogen-bond donors (Lipinski definition) is 1. The van der Waals surface area contributed by atoms with Crippen molar-refractivity contribution < 1.29 is 4.79 Å². The Labute approximate surface area is 112 Å². The fourth-order valence-electron chi connectivity index (χ4n) is 3.35. The fraction of sp³-hybridized carbons (Fsp3) is 0.643. The molecule has 1 aromatic rings. The van der Waals surface area contributed by atoms with Crippen molar-refractivity contribution in [1.29, 1.82) is 0 Å². The maximum atomic E-state index is 12.6. The molecule has 0 radical (unpaired) electrons. The average molecular weight is 264 g/mol. The van der Waals surface area contributed by atoms with Crippen molar-refractivity contribution >= 4 is 17.2 Å². The minimum atomic E-state index is 0.0948.